The average molecular weight is 398 g/mol. The molecule has 0 unspecified atom stereocenters. The van der Waals surface area contributed by atoms with Crippen LogP contribution in [0.15, 0.2) is 36.4 Å². The number of aromatic nitrogens is 3. The highest BCUT2D eigenvalue weighted by Crippen LogP contribution is 2.28. The van der Waals surface area contributed by atoms with E-state index in [4.69, 9.17) is 4.74 Å². The van der Waals surface area contributed by atoms with E-state index in [0.29, 0.717) is 11.5 Å². The molecule has 0 bridgehead atoms. The number of aryl methyl sites for hydroxylation is 1. The number of nitrogens with zero attached hydrogens (tertiary/aromatic N) is 3. The second-order valence-electron chi connectivity index (χ2n) is 6.90. The molecule has 1 amide bonds. The Morgan fingerprint density at radius 2 is 1.97 bits per heavy atom. The molecule has 4 rings (SSSR count). The smallest absolute Gasteiger partial charge is 0.259 e. The zero-order valence-electron chi connectivity index (χ0n) is 15.9. The third-order valence-corrected chi connectivity index (χ3v) is 4.98. The first-order valence-electron chi connectivity index (χ1n) is 9.43. The van der Waals surface area contributed by atoms with Crippen molar-refractivity contribution in [2.75, 3.05) is 12.4 Å². The lowest BCUT2D eigenvalue weighted by Gasteiger charge is -2.12. The van der Waals surface area contributed by atoms with E-state index >= 15 is 0 Å². The summed E-state index contributed by atoms with van der Waals surface area (Å²) in [4.78, 5) is 12.6. The molecule has 29 heavy (non-hydrogen) atoms. The summed E-state index contributed by atoms with van der Waals surface area (Å²) in [5, 5.41) is 11.1. The van der Waals surface area contributed by atoms with Crippen LogP contribution in [0.5, 0.6) is 5.75 Å². The maximum atomic E-state index is 14.6. The second kappa shape index (κ2) is 7.98. The summed E-state index contributed by atoms with van der Waals surface area (Å²) in [6.07, 6.45) is 3.92. The average Bonchev–Trinajstić information content (AvgIpc) is 2.97. The first-order valence-corrected chi connectivity index (χ1v) is 9.43. The van der Waals surface area contributed by atoms with Crippen LogP contribution < -0.4 is 10.1 Å². The molecule has 1 aliphatic rings. The van der Waals surface area contributed by atoms with Gasteiger partial charge in [0.1, 0.15) is 23.2 Å². The molecule has 8 heteroatoms. The molecule has 6 nitrogen and oxygen atoms in total. The van der Waals surface area contributed by atoms with E-state index in [2.05, 4.69) is 15.5 Å². The van der Waals surface area contributed by atoms with Crippen LogP contribution in [-0.4, -0.2) is 27.8 Å². The van der Waals surface area contributed by atoms with Crippen molar-refractivity contribution in [3.8, 4) is 17.1 Å². The predicted octanol–water partition coefficient (Wildman–Crippen LogP) is 4.21. The lowest BCUT2D eigenvalue weighted by molar-refractivity contribution is 0.102. The zero-order chi connectivity index (χ0) is 20.4. The Hall–Kier alpha value is -3.29. The normalized spacial score (nSPS) is 13.5. The fourth-order valence-electron chi connectivity index (χ4n) is 3.51. The number of amides is 1. The van der Waals surface area contributed by atoms with Gasteiger partial charge in [-0.05, 0) is 49.2 Å². The Kier molecular flexibility index (Phi) is 5.24. The molecule has 0 radical (unpaired) electrons. The number of ether oxygens (including phenoxy) is 1. The third-order valence-electron chi connectivity index (χ3n) is 4.98. The number of halogens is 2. The Morgan fingerprint density at radius 3 is 2.79 bits per heavy atom. The fraction of sp³-hybridized carbons (Fsp3) is 0.286. The topological polar surface area (TPSA) is 69.0 Å². The van der Waals surface area contributed by atoms with Gasteiger partial charge in [-0.2, -0.15) is 0 Å². The van der Waals surface area contributed by atoms with Crippen molar-refractivity contribution in [1.82, 2.24) is 14.8 Å². The van der Waals surface area contributed by atoms with Gasteiger partial charge in [-0.25, -0.2) is 8.78 Å². The minimum absolute atomic E-state index is 0.0507. The van der Waals surface area contributed by atoms with E-state index in [0.717, 1.165) is 44.1 Å². The molecule has 2 aromatic carbocycles. The van der Waals surface area contributed by atoms with Gasteiger partial charge in [-0.1, -0.05) is 6.42 Å². The maximum absolute atomic E-state index is 14.6. The Morgan fingerprint density at radius 1 is 1.10 bits per heavy atom. The number of carbonyl (C=O) groups excluding carboxylic acids is 1. The largest absolute Gasteiger partial charge is 0.496 e. The Bertz CT molecular complexity index is 1060. The fourth-order valence-corrected chi connectivity index (χ4v) is 3.51. The summed E-state index contributed by atoms with van der Waals surface area (Å²) in [6, 6.07) is 7.92. The molecule has 2 heterocycles. The number of hydrogen-bond donors (Lipinski definition) is 1. The molecular weight excluding hydrogens is 378 g/mol. The number of nitrogens with one attached hydrogen (secondary N) is 1. The van der Waals surface area contributed by atoms with Crippen LogP contribution in [0.2, 0.25) is 0 Å². The van der Waals surface area contributed by atoms with Gasteiger partial charge in [-0.15, -0.1) is 10.2 Å². The van der Waals surface area contributed by atoms with Crippen LogP contribution >= 0.6 is 0 Å². The number of hydrogen-bond acceptors (Lipinski definition) is 4. The van der Waals surface area contributed by atoms with E-state index in [9.17, 15) is 13.6 Å². The van der Waals surface area contributed by atoms with Gasteiger partial charge in [-0.3, -0.25) is 4.79 Å². The lowest BCUT2D eigenvalue weighted by Crippen LogP contribution is -2.14. The van der Waals surface area contributed by atoms with Crippen LogP contribution in [0.3, 0.4) is 0 Å². The summed E-state index contributed by atoms with van der Waals surface area (Å²) < 4.78 is 35.2. The van der Waals surface area contributed by atoms with E-state index in [-0.39, 0.29) is 16.9 Å². The molecule has 3 aromatic rings. The van der Waals surface area contributed by atoms with Gasteiger partial charge >= 0.3 is 0 Å². The molecule has 150 valence electrons. The first kappa shape index (κ1) is 19.0. The highest BCUT2D eigenvalue weighted by molar-refractivity contribution is 6.06. The van der Waals surface area contributed by atoms with Crippen LogP contribution in [0.25, 0.3) is 11.4 Å². The van der Waals surface area contributed by atoms with Crippen molar-refractivity contribution < 1.29 is 18.3 Å². The number of carbonyl (C=O) groups is 1. The number of methoxy groups -OCH3 is 1. The SMILES string of the molecule is COc1ccc(F)cc1C(=O)Nc1ccc(F)c(-c2nnc3n2CCCCC3)c1. The summed E-state index contributed by atoms with van der Waals surface area (Å²) in [5.74, 6) is -0.0321. The van der Waals surface area contributed by atoms with Gasteiger partial charge in [0.15, 0.2) is 5.82 Å². The third kappa shape index (κ3) is 3.83. The number of benzene rings is 2. The van der Waals surface area contributed by atoms with Crippen LogP contribution in [0.1, 0.15) is 35.4 Å². The minimum Gasteiger partial charge on any atom is -0.496 e. The number of fused-ring (bicyclic) bond motifs is 1. The molecule has 1 aliphatic heterocycles. The van der Waals surface area contributed by atoms with Gasteiger partial charge in [0.2, 0.25) is 0 Å². The van der Waals surface area contributed by atoms with Crippen molar-refractivity contribution in [3.05, 3.63) is 59.4 Å². The second-order valence-corrected chi connectivity index (χ2v) is 6.90. The summed E-state index contributed by atoms with van der Waals surface area (Å²) in [5.41, 5.74) is 0.674. The van der Waals surface area contributed by atoms with Gasteiger partial charge in [0.25, 0.3) is 5.91 Å². The monoisotopic (exact) mass is 398 g/mol. The van der Waals surface area contributed by atoms with Crippen molar-refractivity contribution in [2.45, 2.75) is 32.2 Å². The summed E-state index contributed by atoms with van der Waals surface area (Å²) >= 11 is 0. The molecule has 1 aromatic heterocycles. The van der Waals surface area contributed by atoms with E-state index in [1.807, 2.05) is 4.57 Å². The lowest BCUT2D eigenvalue weighted by atomic mass is 10.1. The predicted molar refractivity (Wildman–Crippen MR) is 104 cm³/mol. The van der Waals surface area contributed by atoms with Crippen LogP contribution in [-0.2, 0) is 13.0 Å². The van der Waals surface area contributed by atoms with Gasteiger partial charge in [0.05, 0.1) is 18.2 Å². The van der Waals surface area contributed by atoms with E-state index < -0.39 is 17.5 Å². The maximum Gasteiger partial charge on any atom is 0.259 e. The first-order chi connectivity index (χ1) is 14.1. The van der Waals surface area contributed by atoms with Crippen molar-refractivity contribution in [3.63, 3.8) is 0 Å². The summed E-state index contributed by atoms with van der Waals surface area (Å²) in [6.45, 7) is 0.730. The minimum atomic E-state index is -0.556. The molecule has 1 N–H and O–H groups in total. The molecule has 0 atom stereocenters. The molecule has 0 saturated heterocycles. The molecular formula is C21H20F2N4O2. The van der Waals surface area contributed by atoms with Gasteiger partial charge in [0, 0.05) is 18.7 Å². The molecule has 0 fully saturated rings. The van der Waals surface area contributed by atoms with E-state index in [1.165, 1.54) is 37.4 Å². The summed E-state index contributed by atoms with van der Waals surface area (Å²) in [7, 11) is 1.40. The van der Waals surface area contributed by atoms with Gasteiger partial charge < -0.3 is 14.6 Å². The standard InChI is InChI=1S/C21H20F2N4O2/c1-29-18-9-6-13(22)11-16(18)21(28)24-14-7-8-17(23)15(12-14)20-26-25-19-5-3-2-4-10-27(19)20/h6-9,11-12H,2-5,10H2,1H3,(H,24,28). The highest BCUT2D eigenvalue weighted by Gasteiger charge is 2.20. The zero-order valence-corrected chi connectivity index (χ0v) is 15.9. The Labute approximate surface area is 166 Å². The molecule has 0 spiro atoms. The quantitative estimate of drug-likeness (QED) is 0.715. The van der Waals surface area contributed by atoms with Crippen molar-refractivity contribution >= 4 is 11.6 Å². The van der Waals surface area contributed by atoms with Crippen molar-refractivity contribution in [2.24, 2.45) is 0 Å². The number of anilines is 1. The van der Waals surface area contributed by atoms with Crippen molar-refractivity contribution in [1.29, 1.82) is 0 Å². The number of rotatable bonds is 4. The Balaban J connectivity index is 1.66. The highest BCUT2D eigenvalue weighted by atomic mass is 19.1. The molecule has 0 aliphatic carbocycles. The van der Waals surface area contributed by atoms with E-state index in [1.54, 1.807) is 0 Å². The van der Waals surface area contributed by atoms with Crippen LogP contribution in [0, 0.1) is 11.6 Å². The molecule has 0 saturated carbocycles. The van der Waals surface area contributed by atoms with Crippen LogP contribution in [0.4, 0.5) is 14.5 Å².